The van der Waals surface area contributed by atoms with Crippen LogP contribution in [0.2, 0.25) is 0 Å². The van der Waals surface area contributed by atoms with Crippen molar-refractivity contribution >= 4 is 12.3 Å². The lowest BCUT2D eigenvalue weighted by Crippen LogP contribution is -2.51. The fraction of sp³-hybridized carbons (Fsp3) is 0.800. The molecule has 0 saturated heterocycles. The van der Waals surface area contributed by atoms with E-state index >= 15 is 0 Å². The summed E-state index contributed by atoms with van der Waals surface area (Å²) in [4.78, 5) is 21.6. The van der Waals surface area contributed by atoms with Gasteiger partial charge in [0.05, 0.1) is 6.61 Å². The number of rotatable bonds is 7. The van der Waals surface area contributed by atoms with Crippen LogP contribution in [0.25, 0.3) is 0 Å². The predicted octanol–water partition coefficient (Wildman–Crippen LogP) is -0.931. The normalized spacial score (nSPS) is 17.1. The van der Waals surface area contributed by atoms with E-state index in [2.05, 4.69) is 4.74 Å². The van der Waals surface area contributed by atoms with Crippen LogP contribution in [-0.2, 0) is 14.3 Å². The molecule has 18 heavy (non-hydrogen) atoms. The SMILES string of the molecule is CC(C)[C@H](N)C(=O)O[C@H]([C@H](O)CO)C(F)(F)C=O. The van der Waals surface area contributed by atoms with Crippen molar-refractivity contribution in [2.75, 3.05) is 6.61 Å². The highest BCUT2D eigenvalue weighted by Gasteiger charge is 2.47. The lowest BCUT2D eigenvalue weighted by atomic mass is 10.0. The Labute approximate surface area is 103 Å². The van der Waals surface area contributed by atoms with E-state index in [0.29, 0.717) is 0 Å². The van der Waals surface area contributed by atoms with Gasteiger partial charge < -0.3 is 20.7 Å². The Morgan fingerprint density at radius 1 is 1.50 bits per heavy atom. The molecule has 0 saturated carbocycles. The molecule has 0 aromatic carbocycles. The Hall–Kier alpha value is -1.12. The molecule has 0 aliphatic heterocycles. The van der Waals surface area contributed by atoms with Gasteiger partial charge in [0.15, 0.2) is 6.29 Å². The molecule has 106 valence electrons. The smallest absolute Gasteiger partial charge is 0.341 e. The number of aliphatic hydroxyl groups is 2. The number of carbonyl (C=O) groups is 2. The van der Waals surface area contributed by atoms with Crippen molar-refractivity contribution in [2.24, 2.45) is 11.7 Å². The minimum absolute atomic E-state index is 0.366. The first-order chi connectivity index (χ1) is 8.17. The molecule has 0 heterocycles. The van der Waals surface area contributed by atoms with E-state index in [9.17, 15) is 18.4 Å². The van der Waals surface area contributed by atoms with Crippen LogP contribution < -0.4 is 5.73 Å². The topological polar surface area (TPSA) is 110 Å². The second-order valence-corrected chi connectivity index (χ2v) is 4.17. The molecule has 0 rings (SSSR count). The maximum atomic E-state index is 13.1. The van der Waals surface area contributed by atoms with E-state index in [4.69, 9.17) is 15.9 Å². The third-order valence-corrected chi connectivity index (χ3v) is 2.31. The molecule has 0 aliphatic rings. The van der Waals surface area contributed by atoms with Gasteiger partial charge in [-0.05, 0) is 5.92 Å². The Morgan fingerprint density at radius 3 is 2.33 bits per heavy atom. The standard InChI is InChI=1S/C10H17F2NO5/c1-5(2)7(13)9(17)18-8(6(16)3-14)10(11,12)4-15/h4-8,14,16H,3,13H2,1-2H3/t6-,7+,8-/m1/s1. The minimum Gasteiger partial charge on any atom is -0.451 e. The van der Waals surface area contributed by atoms with E-state index in [-0.39, 0.29) is 5.92 Å². The summed E-state index contributed by atoms with van der Waals surface area (Å²) < 4.78 is 30.6. The summed E-state index contributed by atoms with van der Waals surface area (Å²) in [5.74, 6) is -5.65. The van der Waals surface area contributed by atoms with E-state index < -0.39 is 43.0 Å². The van der Waals surface area contributed by atoms with Gasteiger partial charge in [-0.15, -0.1) is 0 Å². The lowest BCUT2D eigenvalue weighted by molar-refractivity contribution is -0.194. The van der Waals surface area contributed by atoms with Crippen molar-refractivity contribution in [1.82, 2.24) is 0 Å². The molecule has 0 radical (unpaired) electrons. The number of alkyl halides is 2. The summed E-state index contributed by atoms with van der Waals surface area (Å²) in [5.41, 5.74) is 5.38. The number of hydrogen-bond acceptors (Lipinski definition) is 6. The summed E-state index contributed by atoms with van der Waals surface area (Å²) in [6.07, 6.45) is -5.30. The monoisotopic (exact) mass is 269 g/mol. The third-order valence-electron chi connectivity index (χ3n) is 2.31. The van der Waals surface area contributed by atoms with Gasteiger partial charge in [-0.25, -0.2) is 0 Å². The molecule has 0 unspecified atom stereocenters. The first kappa shape index (κ1) is 16.9. The summed E-state index contributed by atoms with van der Waals surface area (Å²) >= 11 is 0. The molecule has 0 bridgehead atoms. The Kier molecular flexibility index (Phi) is 6.30. The quantitative estimate of drug-likeness (QED) is 0.407. The van der Waals surface area contributed by atoms with Crippen LogP contribution in [0.5, 0.6) is 0 Å². The van der Waals surface area contributed by atoms with Gasteiger partial charge in [0, 0.05) is 0 Å². The van der Waals surface area contributed by atoms with Crippen molar-refractivity contribution in [1.29, 1.82) is 0 Å². The summed E-state index contributed by atoms with van der Waals surface area (Å²) in [6, 6.07) is -1.17. The fourth-order valence-corrected chi connectivity index (χ4v) is 1.05. The van der Waals surface area contributed by atoms with Crippen molar-refractivity contribution in [3.05, 3.63) is 0 Å². The van der Waals surface area contributed by atoms with Crippen molar-refractivity contribution < 1.29 is 33.3 Å². The molecule has 0 fully saturated rings. The van der Waals surface area contributed by atoms with E-state index in [1.807, 2.05) is 0 Å². The summed E-state index contributed by atoms with van der Waals surface area (Å²) in [5, 5.41) is 17.7. The molecule has 6 nitrogen and oxygen atoms in total. The molecule has 0 aliphatic carbocycles. The van der Waals surface area contributed by atoms with Crippen LogP contribution in [-0.4, -0.2) is 53.2 Å². The van der Waals surface area contributed by atoms with Gasteiger partial charge in [0.2, 0.25) is 6.10 Å². The van der Waals surface area contributed by atoms with Crippen LogP contribution in [0.1, 0.15) is 13.8 Å². The molecule has 0 aromatic rings. The Bertz CT molecular complexity index is 298. The summed E-state index contributed by atoms with van der Waals surface area (Å²) in [7, 11) is 0. The van der Waals surface area contributed by atoms with E-state index in [0.717, 1.165) is 0 Å². The molecular weight excluding hydrogens is 252 g/mol. The highest BCUT2D eigenvalue weighted by atomic mass is 19.3. The maximum Gasteiger partial charge on any atom is 0.341 e. The van der Waals surface area contributed by atoms with Crippen LogP contribution >= 0.6 is 0 Å². The van der Waals surface area contributed by atoms with Gasteiger partial charge in [0.25, 0.3) is 0 Å². The number of aliphatic hydroxyl groups excluding tert-OH is 2. The molecule has 3 atom stereocenters. The van der Waals surface area contributed by atoms with Crippen molar-refractivity contribution in [3.8, 4) is 0 Å². The van der Waals surface area contributed by atoms with Gasteiger partial charge in [0.1, 0.15) is 12.1 Å². The largest absolute Gasteiger partial charge is 0.451 e. The zero-order valence-corrected chi connectivity index (χ0v) is 10.0. The second-order valence-electron chi connectivity index (χ2n) is 4.17. The zero-order chi connectivity index (χ0) is 14.5. The molecule has 0 amide bonds. The fourth-order valence-electron chi connectivity index (χ4n) is 1.05. The number of carbonyl (C=O) groups excluding carboxylic acids is 2. The first-order valence-corrected chi connectivity index (χ1v) is 5.26. The van der Waals surface area contributed by atoms with Crippen molar-refractivity contribution in [2.45, 2.75) is 38.0 Å². The third kappa shape index (κ3) is 4.28. The second kappa shape index (κ2) is 6.72. The zero-order valence-electron chi connectivity index (χ0n) is 10.0. The number of halogens is 2. The average molecular weight is 269 g/mol. The number of nitrogens with two attached hydrogens (primary N) is 1. The van der Waals surface area contributed by atoms with E-state index in [1.165, 1.54) is 0 Å². The maximum absolute atomic E-state index is 13.1. The average Bonchev–Trinajstić information content (AvgIpc) is 2.33. The van der Waals surface area contributed by atoms with Gasteiger partial charge in [-0.3, -0.25) is 9.59 Å². The van der Waals surface area contributed by atoms with Crippen LogP contribution in [0.4, 0.5) is 8.78 Å². The molecular formula is C10H17F2NO5. The Balaban J connectivity index is 4.92. The molecule has 8 heteroatoms. The van der Waals surface area contributed by atoms with Gasteiger partial charge in [-0.2, -0.15) is 8.78 Å². The van der Waals surface area contributed by atoms with Crippen LogP contribution in [0.3, 0.4) is 0 Å². The number of hydrogen-bond donors (Lipinski definition) is 3. The number of aldehydes is 1. The van der Waals surface area contributed by atoms with Crippen LogP contribution in [0.15, 0.2) is 0 Å². The van der Waals surface area contributed by atoms with E-state index in [1.54, 1.807) is 13.8 Å². The number of ether oxygens (including phenoxy) is 1. The summed E-state index contributed by atoms with van der Waals surface area (Å²) in [6.45, 7) is 2.06. The molecule has 0 spiro atoms. The molecule has 0 aromatic heterocycles. The number of esters is 1. The van der Waals surface area contributed by atoms with Gasteiger partial charge in [-0.1, -0.05) is 13.8 Å². The lowest BCUT2D eigenvalue weighted by Gasteiger charge is -2.27. The minimum atomic E-state index is -4.10. The Morgan fingerprint density at radius 2 is 2.00 bits per heavy atom. The molecule has 4 N–H and O–H groups in total. The highest BCUT2D eigenvalue weighted by Crippen LogP contribution is 2.22. The van der Waals surface area contributed by atoms with Gasteiger partial charge >= 0.3 is 11.9 Å². The first-order valence-electron chi connectivity index (χ1n) is 5.26. The highest BCUT2D eigenvalue weighted by molar-refractivity contribution is 5.76. The van der Waals surface area contributed by atoms with Crippen LogP contribution in [0, 0.1) is 5.92 Å². The van der Waals surface area contributed by atoms with Crippen molar-refractivity contribution in [3.63, 3.8) is 0 Å². The predicted molar refractivity (Wildman–Crippen MR) is 56.8 cm³/mol.